The third kappa shape index (κ3) is 5.02. The molecule has 31 heavy (non-hydrogen) atoms. The Morgan fingerprint density at radius 2 is 2.03 bits per heavy atom. The molecule has 1 N–H and O–H groups in total. The summed E-state index contributed by atoms with van der Waals surface area (Å²) in [6, 6.07) is 10.8. The average molecular weight is 439 g/mol. The molecular weight excluding hydrogens is 412 g/mol. The van der Waals surface area contributed by atoms with Crippen molar-refractivity contribution in [2.24, 2.45) is 0 Å². The number of nitrogens with one attached hydrogen (secondary N) is 1. The number of benzene rings is 1. The zero-order valence-electron chi connectivity index (χ0n) is 17.5. The lowest BCUT2D eigenvalue weighted by molar-refractivity contribution is -0.127. The number of amides is 2. The molecule has 162 valence electrons. The second-order valence-corrected chi connectivity index (χ2v) is 8.48. The van der Waals surface area contributed by atoms with E-state index in [1.165, 1.54) is 6.26 Å². The van der Waals surface area contributed by atoms with Crippen molar-refractivity contribution in [3.63, 3.8) is 0 Å². The monoisotopic (exact) mass is 438 g/mol. The molecule has 0 radical (unpaired) electrons. The number of nitrogens with zero attached hydrogens (tertiary/aromatic N) is 3. The van der Waals surface area contributed by atoms with Crippen molar-refractivity contribution in [1.29, 1.82) is 0 Å². The van der Waals surface area contributed by atoms with Crippen LogP contribution in [-0.2, 0) is 11.2 Å². The van der Waals surface area contributed by atoms with Crippen LogP contribution in [0.4, 0.5) is 0 Å². The highest BCUT2D eigenvalue weighted by atomic mass is 32.1. The van der Waals surface area contributed by atoms with E-state index in [0.29, 0.717) is 18.7 Å². The van der Waals surface area contributed by atoms with Gasteiger partial charge in [0.1, 0.15) is 5.76 Å². The standard InChI is InChI=1S/C23H26N4O3S/c1-16-7-2-3-8-17(16)12-13-27(23(29)19-15-31-26-25-19)21(20-11-6-14-30-20)22(28)24-18-9-4-5-10-18/h2-3,6-8,11,14-15,18,21H,4-5,9-10,12-13H2,1H3,(H,24,28)/t21-/m1/s1. The van der Waals surface area contributed by atoms with E-state index in [1.54, 1.807) is 22.4 Å². The number of hydrogen-bond donors (Lipinski definition) is 1. The molecule has 1 aliphatic rings. The summed E-state index contributed by atoms with van der Waals surface area (Å²) in [5, 5.41) is 8.69. The van der Waals surface area contributed by atoms with Crippen molar-refractivity contribution >= 4 is 23.3 Å². The predicted molar refractivity (Wildman–Crippen MR) is 118 cm³/mol. The van der Waals surface area contributed by atoms with E-state index in [9.17, 15) is 9.59 Å². The van der Waals surface area contributed by atoms with Crippen LogP contribution in [0.5, 0.6) is 0 Å². The Hall–Kier alpha value is -3.00. The summed E-state index contributed by atoms with van der Waals surface area (Å²) in [5.74, 6) is -0.106. The van der Waals surface area contributed by atoms with E-state index in [4.69, 9.17) is 4.42 Å². The highest BCUT2D eigenvalue weighted by Gasteiger charge is 2.36. The summed E-state index contributed by atoms with van der Waals surface area (Å²) in [6.45, 7) is 2.40. The van der Waals surface area contributed by atoms with Gasteiger partial charge in [0.2, 0.25) is 0 Å². The molecule has 7 nitrogen and oxygen atoms in total. The van der Waals surface area contributed by atoms with Gasteiger partial charge >= 0.3 is 0 Å². The van der Waals surface area contributed by atoms with Crippen LogP contribution >= 0.6 is 11.5 Å². The lowest BCUT2D eigenvalue weighted by atomic mass is 10.0. The lowest BCUT2D eigenvalue weighted by Gasteiger charge is -2.30. The van der Waals surface area contributed by atoms with Crippen LogP contribution in [-0.4, -0.2) is 38.9 Å². The Morgan fingerprint density at radius 3 is 2.71 bits per heavy atom. The van der Waals surface area contributed by atoms with Gasteiger partial charge in [-0.25, -0.2) is 0 Å². The topological polar surface area (TPSA) is 88.3 Å². The van der Waals surface area contributed by atoms with Gasteiger partial charge in [0.25, 0.3) is 11.8 Å². The van der Waals surface area contributed by atoms with E-state index in [1.807, 2.05) is 31.2 Å². The SMILES string of the molecule is Cc1ccccc1CCN(C(=O)c1csnn1)[C@@H](C(=O)NC1CCCC1)c1ccco1. The molecule has 1 aromatic carbocycles. The largest absolute Gasteiger partial charge is 0.467 e. The fourth-order valence-electron chi connectivity index (χ4n) is 4.11. The van der Waals surface area contributed by atoms with Gasteiger partial charge < -0.3 is 14.6 Å². The van der Waals surface area contributed by atoms with Gasteiger partial charge in [-0.15, -0.1) is 5.10 Å². The van der Waals surface area contributed by atoms with Crippen LogP contribution in [0.1, 0.15) is 59.1 Å². The minimum atomic E-state index is -0.867. The van der Waals surface area contributed by atoms with Crippen LogP contribution in [0.15, 0.2) is 52.5 Å². The van der Waals surface area contributed by atoms with Crippen molar-refractivity contribution in [3.05, 3.63) is 70.6 Å². The molecule has 1 fully saturated rings. The number of aryl methyl sites for hydroxylation is 1. The number of hydrogen-bond acceptors (Lipinski definition) is 6. The molecule has 0 unspecified atom stereocenters. The number of carbonyl (C=O) groups excluding carboxylic acids is 2. The third-order valence-electron chi connectivity index (χ3n) is 5.80. The highest BCUT2D eigenvalue weighted by molar-refractivity contribution is 7.03. The molecular formula is C23H26N4O3S. The van der Waals surface area contributed by atoms with Crippen LogP contribution in [0.3, 0.4) is 0 Å². The van der Waals surface area contributed by atoms with Gasteiger partial charge in [0.05, 0.1) is 6.26 Å². The Balaban J connectivity index is 1.64. The first-order valence-electron chi connectivity index (χ1n) is 10.6. The smallest absolute Gasteiger partial charge is 0.276 e. The van der Waals surface area contributed by atoms with E-state index in [2.05, 4.69) is 14.9 Å². The maximum absolute atomic E-state index is 13.4. The summed E-state index contributed by atoms with van der Waals surface area (Å²) >= 11 is 1.11. The number of carbonyl (C=O) groups is 2. The van der Waals surface area contributed by atoms with Gasteiger partial charge in [-0.3, -0.25) is 9.59 Å². The molecule has 3 aromatic rings. The molecule has 0 bridgehead atoms. The molecule has 0 saturated heterocycles. The van der Waals surface area contributed by atoms with E-state index >= 15 is 0 Å². The first-order chi connectivity index (χ1) is 15.1. The summed E-state index contributed by atoms with van der Waals surface area (Å²) in [6.07, 6.45) is 6.28. The van der Waals surface area contributed by atoms with Crippen LogP contribution in [0.2, 0.25) is 0 Å². The average Bonchev–Trinajstić information content (AvgIpc) is 3.55. The van der Waals surface area contributed by atoms with Gasteiger partial charge in [-0.1, -0.05) is 41.6 Å². The van der Waals surface area contributed by atoms with Crippen molar-refractivity contribution in [2.45, 2.75) is 51.1 Å². The second kappa shape index (κ2) is 9.87. The Morgan fingerprint density at radius 1 is 1.23 bits per heavy atom. The predicted octanol–water partition coefficient (Wildman–Crippen LogP) is 3.92. The van der Waals surface area contributed by atoms with Crippen molar-refractivity contribution < 1.29 is 14.0 Å². The van der Waals surface area contributed by atoms with Gasteiger partial charge in [-0.05, 0) is 61.0 Å². The second-order valence-electron chi connectivity index (χ2n) is 7.87. The number of rotatable bonds is 8. The lowest BCUT2D eigenvalue weighted by Crippen LogP contribution is -2.46. The number of furan rings is 1. The molecule has 1 saturated carbocycles. The van der Waals surface area contributed by atoms with Crippen LogP contribution in [0.25, 0.3) is 0 Å². The first kappa shape index (κ1) is 21.2. The fourth-order valence-corrected chi connectivity index (χ4v) is 4.54. The minimum absolute atomic E-state index is 0.138. The molecule has 2 heterocycles. The first-order valence-corrected chi connectivity index (χ1v) is 11.4. The van der Waals surface area contributed by atoms with E-state index < -0.39 is 6.04 Å². The highest BCUT2D eigenvalue weighted by Crippen LogP contribution is 2.26. The van der Waals surface area contributed by atoms with Gasteiger partial charge in [0.15, 0.2) is 11.7 Å². The molecule has 0 aliphatic heterocycles. The molecule has 2 amide bonds. The fraction of sp³-hybridized carbons (Fsp3) is 0.391. The zero-order valence-corrected chi connectivity index (χ0v) is 18.3. The normalized spacial score (nSPS) is 15.0. The third-order valence-corrected chi connectivity index (χ3v) is 6.30. The number of aromatic nitrogens is 2. The Bertz CT molecular complexity index is 998. The molecule has 0 spiro atoms. The van der Waals surface area contributed by atoms with Crippen LogP contribution < -0.4 is 5.32 Å². The molecule has 1 atom stereocenters. The molecule has 1 aliphatic carbocycles. The molecule has 8 heteroatoms. The quantitative estimate of drug-likeness (QED) is 0.576. The van der Waals surface area contributed by atoms with Crippen molar-refractivity contribution in [3.8, 4) is 0 Å². The Labute approximate surface area is 185 Å². The minimum Gasteiger partial charge on any atom is -0.467 e. The van der Waals surface area contributed by atoms with Gasteiger partial charge in [-0.2, -0.15) is 0 Å². The Kier molecular flexibility index (Phi) is 6.76. The van der Waals surface area contributed by atoms with E-state index in [-0.39, 0.29) is 23.6 Å². The summed E-state index contributed by atoms with van der Waals surface area (Å²) in [7, 11) is 0. The maximum Gasteiger partial charge on any atom is 0.276 e. The van der Waals surface area contributed by atoms with E-state index in [0.717, 1.165) is 48.3 Å². The summed E-state index contributed by atoms with van der Waals surface area (Å²) in [4.78, 5) is 28.4. The maximum atomic E-state index is 13.4. The van der Waals surface area contributed by atoms with Crippen molar-refractivity contribution in [1.82, 2.24) is 19.8 Å². The van der Waals surface area contributed by atoms with Crippen molar-refractivity contribution in [2.75, 3.05) is 6.54 Å². The molecule has 4 rings (SSSR count). The molecule has 2 aromatic heterocycles. The zero-order chi connectivity index (χ0) is 21.6. The van der Waals surface area contributed by atoms with Gasteiger partial charge in [0, 0.05) is 18.0 Å². The summed E-state index contributed by atoms with van der Waals surface area (Å²) < 4.78 is 9.45. The van der Waals surface area contributed by atoms with Crippen LogP contribution in [0, 0.1) is 6.92 Å². The summed E-state index contributed by atoms with van der Waals surface area (Å²) in [5.41, 5.74) is 2.52.